The number of nitrogens with zero attached hydrogens (tertiary/aromatic N) is 2. The highest BCUT2D eigenvalue weighted by molar-refractivity contribution is 5.34. The van der Waals surface area contributed by atoms with Crippen molar-refractivity contribution in [3.8, 4) is 0 Å². The normalized spacial score (nSPS) is 12.5. The van der Waals surface area contributed by atoms with Crippen LogP contribution in [0, 0.1) is 0 Å². The van der Waals surface area contributed by atoms with Crippen molar-refractivity contribution in [2.24, 2.45) is 0 Å². The molecule has 2 N–H and O–H groups in total. The maximum atomic E-state index is 9.36. The molecule has 0 aliphatic rings. The zero-order valence-electron chi connectivity index (χ0n) is 9.40. The molecule has 0 aliphatic carbocycles. The SMILES string of the molecule is CCc1cc(NCCC(O)CC)ncn1. The number of aliphatic hydroxyl groups is 1. The Kier molecular flexibility index (Phi) is 5.04. The first-order valence-electron chi connectivity index (χ1n) is 5.49. The molecule has 4 nitrogen and oxygen atoms in total. The summed E-state index contributed by atoms with van der Waals surface area (Å²) in [5, 5.41) is 12.5. The van der Waals surface area contributed by atoms with Gasteiger partial charge in [0.1, 0.15) is 12.1 Å². The van der Waals surface area contributed by atoms with E-state index >= 15 is 0 Å². The molecular weight excluding hydrogens is 190 g/mol. The molecule has 0 amide bonds. The molecule has 1 aromatic rings. The summed E-state index contributed by atoms with van der Waals surface area (Å²) in [4.78, 5) is 8.22. The standard InChI is InChI=1S/C11H19N3O/c1-3-9-7-11(14-8-13-9)12-6-5-10(15)4-2/h7-8,10,15H,3-6H2,1-2H3,(H,12,13,14). The summed E-state index contributed by atoms with van der Waals surface area (Å²) in [6.07, 6.45) is 3.81. The van der Waals surface area contributed by atoms with Crippen LogP contribution in [0.25, 0.3) is 0 Å². The molecule has 0 saturated heterocycles. The van der Waals surface area contributed by atoms with Crippen molar-refractivity contribution in [1.82, 2.24) is 9.97 Å². The number of aryl methyl sites for hydroxylation is 1. The maximum Gasteiger partial charge on any atom is 0.129 e. The fourth-order valence-corrected chi connectivity index (χ4v) is 1.26. The Balaban J connectivity index is 2.37. The van der Waals surface area contributed by atoms with Gasteiger partial charge in [0.05, 0.1) is 6.10 Å². The predicted octanol–water partition coefficient (Wildman–Crippen LogP) is 1.61. The molecular formula is C11H19N3O. The summed E-state index contributed by atoms with van der Waals surface area (Å²) in [7, 11) is 0. The topological polar surface area (TPSA) is 58.0 Å². The van der Waals surface area contributed by atoms with Gasteiger partial charge in [-0.2, -0.15) is 0 Å². The van der Waals surface area contributed by atoms with Crippen LogP contribution >= 0.6 is 0 Å². The van der Waals surface area contributed by atoms with Gasteiger partial charge in [-0.15, -0.1) is 0 Å². The quantitative estimate of drug-likeness (QED) is 0.747. The van der Waals surface area contributed by atoms with E-state index in [-0.39, 0.29) is 6.10 Å². The molecule has 1 heterocycles. The van der Waals surface area contributed by atoms with E-state index in [2.05, 4.69) is 22.2 Å². The monoisotopic (exact) mass is 209 g/mol. The molecule has 0 saturated carbocycles. The summed E-state index contributed by atoms with van der Waals surface area (Å²) in [6.45, 7) is 4.78. The molecule has 1 unspecified atom stereocenters. The Labute approximate surface area is 90.8 Å². The van der Waals surface area contributed by atoms with E-state index in [1.807, 2.05) is 13.0 Å². The Morgan fingerprint density at radius 2 is 2.20 bits per heavy atom. The van der Waals surface area contributed by atoms with Crippen LogP contribution in [0.3, 0.4) is 0 Å². The van der Waals surface area contributed by atoms with Gasteiger partial charge in [-0.25, -0.2) is 9.97 Å². The van der Waals surface area contributed by atoms with Gasteiger partial charge in [0.15, 0.2) is 0 Å². The van der Waals surface area contributed by atoms with Crippen LogP contribution in [0.5, 0.6) is 0 Å². The van der Waals surface area contributed by atoms with Crippen molar-refractivity contribution in [3.05, 3.63) is 18.1 Å². The van der Waals surface area contributed by atoms with Crippen LogP contribution in [-0.4, -0.2) is 27.7 Å². The van der Waals surface area contributed by atoms with E-state index in [9.17, 15) is 5.11 Å². The average Bonchev–Trinajstić information content (AvgIpc) is 2.29. The first kappa shape index (κ1) is 11.9. The van der Waals surface area contributed by atoms with E-state index in [1.54, 1.807) is 6.33 Å². The molecule has 0 aromatic carbocycles. The second-order valence-electron chi connectivity index (χ2n) is 3.53. The minimum absolute atomic E-state index is 0.218. The van der Waals surface area contributed by atoms with Crippen molar-refractivity contribution >= 4 is 5.82 Å². The van der Waals surface area contributed by atoms with Gasteiger partial charge >= 0.3 is 0 Å². The van der Waals surface area contributed by atoms with Gasteiger partial charge in [-0.05, 0) is 19.3 Å². The van der Waals surface area contributed by atoms with Crippen LogP contribution in [0.4, 0.5) is 5.82 Å². The van der Waals surface area contributed by atoms with Crippen LogP contribution < -0.4 is 5.32 Å². The van der Waals surface area contributed by atoms with Crippen LogP contribution in [-0.2, 0) is 6.42 Å². The highest BCUT2D eigenvalue weighted by Crippen LogP contribution is 2.05. The van der Waals surface area contributed by atoms with Gasteiger partial charge in [-0.1, -0.05) is 13.8 Å². The summed E-state index contributed by atoms with van der Waals surface area (Å²) in [5.41, 5.74) is 1.03. The van der Waals surface area contributed by atoms with Gasteiger partial charge in [0.25, 0.3) is 0 Å². The smallest absolute Gasteiger partial charge is 0.129 e. The van der Waals surface area contributed by atoms with E-state index in [1.165, 1.54) is 0 Å². The number of anilines is 1. The summed E-state index contributed by atoms with van der Waals surface area (Å²) in [6, 6.07) is 1.94. The molecule has 0 bridgehead atoms. The van der Waals surface area contributed by atoms with Crippen LogP contribution in [0.15, 0.2) is 12.4 Å². The first-order valence-corrected chi connectivity index (χ1v) is 5.49. The predicted molar refractivity (Wildman–Crippen MR) is 60.8 cm³/mol. The first-order chi connectivity index (χ1) is 7.26. The molecule has 1 rings (SSSR count). The minimum Gasteiger partial charge on any atom is -0.393 e. The third-order valence-corrected chi connectivity index (χ3v) is 2.34. The number of nitrogens with one attached hydrogen (secondary N) is 1. The molecule has 0 aliphatic heterocycles. The third kappa shape index (κ3) is 4.25. The van der Waals surface area contributed by atoms with E-state index < -0.39 is 0 Å². The lowest BCUT2D eigenvalue weighted by Gasteiger charge is -2.09. The summed E-state index contributed by atoms with van der Waals surface area (Å²) < 4.78 is 0. The molecule has 15 heavy (non-hydrogen) atoms. The largest absolute Gasteiger partial charge is 0.393 e. The second kappa shape index (κ2) is 6.35. The van der Waals surface area contributed by atoms with E-state index in [4.69, 9.17) is 0 Å². The molecule has 0 radical (unpaired) electrons. The number of hydrogen-bond acceptors (Lipinski definition) is 4. The number of hydrogen-bond donors (Lipinski definition) is 2. The van der Waals surface area contributed by atoms with Crippen molar-refractivity contribution in [3.63, 3.8) is 0 Å². The van der Waals surface area contributed by atoms with Crippen molar-refractivity contribution in [1.29, 1.82) is 0 Å². The lowest BCUT2D eigenvalue weighted by molar-refractivity contribution is 0.164. The second-order valence-corrected chi connectivity index (χ2v) is 3.53. The third-order valence-electron chi connectivity index (χ3n) is 2.34. The Morgan fingerprint density at radius 1 is 1.40 bits per heavy atom. The Bertz CT molecular complexity index is 291. The molecule has 4 heteroatoms. The van der Waals surface area contributed by atoms with Crippen molar-refractivity contribution in [2.75, 3.05) is 11.9 Å². The van der Waals surface area contributed by atoms with Crippen molar-refractivity contribution in [2.45, 2.75) is 39.2 Å². The lowest BCUT2D eigenvalue weighted by atomic mass is 10.2. The molecule has 1 aromatic heterocycles. The Hall–Kier alpha value is -1.16. The number of aliphatic hydroxyl groups excluding tert-OH is 1. The molecule has 1 atom stereocenters. The van der Waals surface area contributed by atoms with Gasteiger partial charge in [0, 0.05) is 18.3 Å². The summed E-state index contributed by atoms with van der Waals surface area (Å²) in [5.74, 6) is 0.838. The highest BCUT2D eigenvalue weighted by Gasteiger charge is 2.00. The van der Waals surface area contributed by atoms with E-state index in [0.29, 0.717) is 0 Å². The van der Waals surface area contributed by atoms with Crippen molar-refractivity contribution < 1.29 is 5.11 Å². The fraction of sp³-hybridized carbons (Fsp3) is 0.636. The average molecular weight is 209 g/mol. The van der Waals surface area contributed by atoms with Gasteiger partial charge < -0.3 is 10.4 Å². The maximum absolute atomic E-state index is 9.36. The molecule has 84 valence electrons. The Morgan fingerprint density at radius 3 is 2.87 bits per heavy atom. The van der Waals surface area contributed by atoms with Crippen LogP contribution in [0.2, 0.25) is 0 Å². The highest BCUT2D eigenvalue weighted by atomic mass is 16.3. The van der Waals surface area contributed by atoms with Gasteiger partial charge in [-0.3, -0.25) is 0 Å². The summed E-state index contributed by atoms with van der Waals surface area (Å²) >= 11 is 0. The van der Waals surface area contributed by atoms with Gasteiger partial charge in [0.2, 0.25) is 0 Å². The zero-order chi connectivity index (χ0) is 11.1. The van der Waals surface area contributed by atoms with E-state index in [0.717, 1.165) is 37.3 Å². The van der Waals surface area contributed by atoms with Crippen LogP contribution in [0.1, 0.15) is 32.4 Å². The fourth-order valence-electron chi connectivity index (χ4n) is 1.26. The molecule has 0 fully saturated rings. The zero-order valence-corrected chi connectivity index (χ0v) is 9.40. The number of rotatable bonds is 6. The number of aromatic nitrogens is 2. The lowest BCUT2D eigenvalue weighted by Crippen LogP contribution is -2.13. The minimum atomic E-state index is -0.218. The molecule has 0 spiro atoms.